The van der Waals surface area contributed by atoms with Gasteiger partial charge in [0.15, 0.2) is 0 Å². The highest BCUT2D eigenvalue weighted by atomic mass is 35.5. The van der Waals surface area contributed by atoms with E-state index in [4.69, 9.17) is 57.2 Å². The van der Waals surface area contributed by atoms with Crippen molar-refractivity contribution >= 4 is 140 Å². The Bertz CT molecular complexity index is 4790. The maximum atomic E-state index is 11.9. The summed E-state index contributed by atoms with van der Waals surface area (Å²) < 4.78 is 19.7. The van der Waals surface area contributed by atoms with Crippen molar-refractivity contribution in [2.75, 3.05) is 173 Å². The molecule has 18 rings (SSSR count). The predicted molar refractivity (Wildman–Crippen MR) is 492 cm³/mol. The number of nitrogens with one attached hydrogen (secondary N) is 2. The van der Waals surface area contributed by atoms with Crippen molar-refractivity contribution < 1.29 is 33.7 Å². The number of thiophene rings is 3. The Balaban J connectivity index is 0.000000133. The molecule has 3 aliphatic heterocycles. The SMILES string of the molecule is CC(=O)CC1CCc2sc3nc(Cl)nc(OC4CCC(N(C)C)CC4)c3c21.CN1CCN(c2ccc(N)cc2)CC1.CN1CCN(c2ccc(Nc3nc(OC4CCC(N(C)C)CC4)c4c5c(sc4n3)CCC5CC(=O)O)cc2)CC1.CN1CCN(c2ccc(Nc3nc(OC4CCC(N(C)C)CC4)c4c5c(sc4n3)CCC5CC(N)=O)cc2)CC1. The smallest absolute Gasteiger partial charge is 0.303 e. The number of amides is 1. The lowest BCUT2D eigenvalue weighted by Crippen LogP contribution is -2.44. The van der Waals surface area contributed by atoms with Crippen LogP contribution in [-0.4, -0.2) is 260 Å². The van der Waals surface area contributed by atoms with E-state index in [1.807, 2.05) is 12.1 Å². The highest BCUT2D eigenvalue weighted by Gasteiger charge is 2.38. The van der Waals surface area contributed by atoms with Gasteiger partial charge in [0.25, 0.3) is 0 Å². The molecular weight excluding hydrogens is 1600 g/mol. The maximum absolute atomic E-state index is 11.9. The van der Waals surface area contributed by atoms with E-state index in [0.717, 1.165) is 247 Å². The van der Waals surface area contributed by atoms with Crippen LogP contribution >= 0.6 is 45.6 Å². The van der Waals surface area contributed by atoms with Crippen LogP contribution in [0, 0.1) is 0 Å². The summed E-state index contributed by atoms with van der Waals surface area (Å²) in [5.41, 5.74) is 21.3. The number of ketones is 1. The maximum Gasteiger partial charge on any atom is 0.303 e. The number of fused-ring (bicyclic) bond motifs is 9. The van der Waals surface area contributed by atoms with Crippen LogP contribution in [-0.2, 0) is 33.6 Å². The van der Waals surface area contributed by atoms with Crippen molar-refractivity contribution in [3.8, 4) is 17.6 Å². The van der Waals surface area contributed by atoms with Gasteiger partial charge in [-0.3, -0.25) is 9.59 Å². The predicted octanol–water partition coefficient (Wildman–Crippen LogP) is 14.9. The van der Waals surface area contributed by atoms with Crippen molar-refractivity contribution in [2.45, 2.75) is 196 Å². The summed E-state index contributed by atoms with van der Waals surface area (Å²) in [4.78, 5) is 91.6. The van der Waals surface area contributed by atoms with Gasteiger partial charge in [0, 0.05) is 158 Å². The molecule has 6 aromatic heterocycles. The summed E-state index contributed by atoms with van der Waals surface area (Å²) in [7, 11) is 19.4. The second kappa shape index (κ2) is 39.7. The van der Waals surface area contributed by atoms with Crippen molar-refractivity contribution in [2.24, 2.45) is 5.73 Å². The summed E-state index contributed by atoms with van der Waals surface area (Å²) in [5.74, 6) is 2.47. The van der Waals surface area contributed by atoms with Crippen LogP contribution < -0.4 is 51.0 Å². The number of rotatable bonds is 22. The first-order chi connectivity index (χ1) is 58.3. The number of halogens is 1. The number of nitrogens with zero attached hydrogens (tertiary/aromatic N) is 15. The normalized spacial score (nSPS) is 23.3. The quantitative estimate of drug-likeness (QED) is 0.0311. The Labute approximate surface area is 730 Å². The number of nitrogen functional groups attached to an aromatic ring is 1. The Kier molecular flexibility index (Phi) is 28.7. The van der Waals surface area contributed by atoms with Crippen LogP contribution in [0.25, 0.3) is 30.6 Å². The van der Waals surface area contributed by atoms with Gasteiger partial charge in [0.1, 0.15) is 38.6 Å². The summed E-state index contributed by atoms with van der Waals surface area (Å²) in [6.45, 7) is 14.6. The number of Topliss-reactive ketones (excluding diaryl/α,β-unsaturated/α-hetero) is 1. The van der Waals surface area contributed by atoms with E-state index < -0.39 is 5.97 Å². The fourth-order valence-electron chi connectivity index (χ4n) is 19.2. The largest absolute Gasteiger partial charge is 0.481 e. The van der Waals surface area contributed by atoms with E-state index in [1.54, 1.807) is 40.9 Å². The van der Waals surface area contributed by atoms with Gasteiger partial charge in [0.05, 0.1) is 22.6 Å². The van der Waals surface area contributed by atoms with Gasteiger partial charge < -0.3 is 90.3 Å². The number of hydrogen-bond donors (Lipinski definition) is 5. The third-order valence-electron chi connectivity index (χ3n) is 26.4. The van der Waals surface area contributed by atoms with Crippen LogP contribution in [0.3, 0.4) is 0 Å². The first-order valence-electron chi connectivity index (χ1n) is 43.9. The molecule has 7 N–H and O–H groups in total. The number of piperazine rings is 3. The molecule has 26 nitrogen and oxygen atoms in total. The number of ether oxygens (including phenoxy) is 3. The highest BCUT2D eigenvalue weighted by molar-refractivity contribution is 7.19. The summed E-state index contributed by atoms with van der Waals surface area (Å²) in [5, 5.41) is 19.6. The van der Waals surface area contributed by atoms with E-state index >= 15 is 0 Å². The number of aliphatic carboxylic acids is 1. The number of anilines is 8. The molecular formula is C91H124ClN19O7S3. The number of carboxylic acid groups (broad SMARTS) is 1. The number of primary amides is 1. The van der Waals surface area contributed by atoms with Crippen molar-refractivity contribution in [1.82, 2.24) is 59.3 Å². The molecule has 6 aliphatic carbocycles. The van der Waals surface area contributed by atoms with Gasteiger partial charge in [-0.25, -0.2) is 15.0 Å². The molecule has 0 radical (unpaired) electrons. The first kappa shape index (κ1) is 87.5. The van der Waals surface area contributed by atoms with Crippen molar-refractivity contribution in [3.63, 3.8) is 0 Å². The molecule has 3 unspecified atom stereocenters. The standard InChI is InChI=1S/C30H41N7O2S.C30H40N6O3S.C20H26ClN3O2S.C11H17N3/c1-35(2)21-9-11-23(12-10-21)39-28-27-26-19(18-25(31)38)4-13-24(26)40-29(27)34-30(33-28)32-20-5-7-22(8-6-20)37-16-14-36(3)15-17-37;1-34(2)21-9-11-23(12-10-21)39-28-27-26-19(18-25(37)38)4-13-24(26)40-29(27)33-30(32-28)31-20-5-7-22(8-6-20)36-16-14-35(3)15-17-36;1-11(25)10-12-4-9-15-16(12)17-18(22-20(21)23-19(17)27-15)26-14-7-5-13(6-8-14)24(2)3;1-13-6-8-14(9-7-13)11-4-2-10(12)3-5-11/h5-8,19,21,23H,4,9-18H2,1-3H3,(H2,31,38)(H,32,33,34);5-8,19,21,23H,4,9-18H2,1-3H3,(H,37,38)(H,31,32,33);12-14H,4-10H2,1-3H3;2-5H,6-9,12H2,1H3. The number of hydrogen-bond acceptors (Lipinski definition) is 27. The third-order valence-corrected chi connectivity index (χ3v) is 30.0. The number of benzene rings is 3. The van der Waals surface area contributed by atoms with Gasteiger partial charge in [-0.05, 0) is 305 Å². The van der Waals surface area contributed by atoms with E-state index in [1.165, 1.54) is 42.8 Å². The number of carbonyl (C=O) groups excluding carboxylic acids is 2. The fourth-order valence-corrected chi connectivity index (χ4v) is 23.2. The Morgan fingerprint density at radius 3 is 1.07 bits per heavy atom. The summed E-state index contributed by atoms with van der Waals surface area (Å²) in [6.07, 6.45) is 19.8. The topological polar surface area (TPSA) is 282 Å². The average Bonchev–Trinajstić information content (AvgIpc) is 1.60. The number of aromatic nitrogens is 6. The van der Waals surface area contributed by atoms with Gasteiger partial charge in [-0.1, -0.05) is 0 Å². The number of likely N-dealkylation sites (N-methyl/N-ethyl adjacent to an activating group) is 3. The second-order valence-electron chi connectivity index (χ2n) is 35.6. The van der Waals surface area contributed by atoms with E-state index in [-0.39, 0.29) is 59.5 Å². The minimum absolute atomic E-state index is 0.0161. The molecule has 3 saturated heterocycles. The van der Waals surface area contributed by atoms with Crippen molar-refractivity contribution in [1.29, 1.82) is 0 Å². The average molecular weight is 1730 g/mol. The minimum Gasteiger partial charge on any atom is -0.481 e. The molecule has 3 saturated carbocycles. The number of carbonyl (C=O) groups is 3. The minimum atomic E-state index is -0.763. The van der Waals surface area contributed by atoms with Gasteiger partial charge in [-0.15, -0.1) is 34.0 Å². The van der Waals surface area contributed by atoms with Gasteiger partial charge in [0.2, 0.25) is 40.7 Å². The van der Waals surface area contributed by atoms with Crippen LogP contribution in [0.5, 0.6) is 17.6 Å². The zero-order chi connectivity index (χ0) is 84.7. The fraction of sp³-hybridized carbons (Fsp3) is 0.571. The zero-order valence-electron chi connectivity index (χ0n) is 72.3. The second-order valence-corrected chi connectivity index (χ2v) is 39.2. The van der Waals surface area contributed by atoms with Crippen LogP contribution in [0.15, 0.2) is 72.8 Å². The molecule has 3 atom stereocenters. The van der Waals surface area contributed by atoms with Crippen molar-refractivity contribution in [3.05, 3.63) is 109 Å². The Hall–Kier alpha value is -8.36. The molecule has 650 valence electrons. The number of carboxylic acids is 1. The molecule has 0 spiro atoms. The van der Waals surface area contributed by atoms with Gasteiger partial charge >= 0.3 is 5.97 Å². The molecule has 0 bridgehead atoms. The number of aryl methyl sites for hydroxylation is 3. The van der Waals surface area contributed by atoms with Gasteiger partial charge in [-0.2, -0.15) is 15.0 Å². The number of nitrogens with two attached hydrogens (primary N) is 2. The molecule has 9 heterocycles. The summed E-state index contributed by atoms with van der Waals surface area (Å²) >= 11 is 11.2. The Morgan fingerprint density at radius 2 is 0.752 bits per heavy atom. The molecule has 6 fully saturated rings. The highest BCUT2D eigenvalue weighted by Crippen LogP contribution is 2.52. The molecule has 30 heteroatoms. The lowest BCUT2D eigenvalue weighted by atomic mass is 9.92. The third kappa shape index (κ3) is 21.7. The summed E-state index contributed by atoms with van der Waals surface area (Å²) in [6, 6.07) is 27.0. The van der Waals surface area contributed by atoms with Crippen LogP contribution in [0.4, 0.5) is 46.0 Å². The lowest BCUT2D eigenvalue weighted by Gasteiger charge is -2.34. The zero-order valence-corrected chi connectivity index (χ0v) is 75.5. The monoisotopic (exact) mass is 1730 g/mol. The molecule has 121 heavy (non-hydrogen) atoms. The molecule has 1 amide bonds. The van der Waals surface area contributed by atoms with E-state index in [0.29, 0.717) is 60.5 Å². The first-order valence-corrected chi connectivity index (χ1v) is 46.7. The van der Waals surface area contributed by atoms with Crippen LogP contribution in [0.2, 0.25) is 5.28 Å². The Morgan fingerprint density at radius 1 is 0.438 bits per heavy atom. The lowest BCUT2D eigenvalue weighted by molar-refractivity contribution is -0.137. The van der Waals surface area contributed by atoms with E-state index in [9.17, 15) is 19.5 Å². The van der Waals surface area contributed by atoms with E-state index in [2.05, 4.69) is 189 Å². The van der Waals surface area contributed by atoms with Crippen LogP contribution in [0.1, 0.15) is 172 Å². The molecule has 9 aliphatic rings. The molecule has 9 aromatic rings. The molecule has 3 aromatic carbocycles.